The van der Waals surface area contributed by atoms with Crippen LogP contribution in [0.2, 0.25) is 0 Å². The number of fused-ring (bicyclic) bond motifs is 1. The van der Waals surface area contributed by atoms with E-state index in [2.05, 4.69) is 0 Å². The van der Waals surface area contributed by atoms with Gasteiger partial charge in [-0.1, -0.05) is 24.3 Å². The van der Waals surface area contributed by atoms with Crippen molar-refractivity contribution in [1.82, 2.24) is 4.57 Å². The highest BCUT2D eigenvalue weighted by atomic mass is 16.5. The molecule has 0 spiro atoms. The summed E-state index contributed by atoms with van der Waals surface area (Å²) in [6.45, 7) is 3.33. The van der Waals surface area contributed by atoms with Crippen LogP contribution in [0.3, 0.4) is 0 Å². The van der Waals surface area contributed by atoms with Crippen molar-refractivity contribution >= 4 is 17.0 Å². The van der Waals surface area contributed by atoms with Crippen molar-refractivity contribution in [2.75, 3.05) is 19.5 Å². The maximum Gasteiger partial charge on any atom is 0.356 e. The van der Waals surface area contributed by atoms with E-state index in [1.165, 1.54) is 0 Å². The van der Waals surface area contributed by atoms with Crippen molar-refractivity contribution in [3.05, 3.63) is 48.5 Å². The molecule has 0 saturated carbocycles. The maximum atomic E-state index is 10.4. The van der Waals surface area contributed by atoms with E-state index in [0.717, 1.165) is 17.6 Å². The molecule has 0 radical (unpaired) electrons. The van der Waals surface area contributed by atoms with Gasteiger partial charge in [-0.15, -0.1) is 0 Å². The Balaban J connectivity index is 1.76. The van der Waals surface area contributed by atoms with E-state index >= 15 is 0 Å². The molecule has 3 aromatic rings. The largest absolute Gasteiger partial charge is 0.493 e. The van der Waals surface area contributed by atoms with Crippen LogP contribution in [0.4, 0.5) is 5.95 Å². The van der Waals surface area contributed by atoms with Crippen molar-refractivity contribution in [2.45, 2.75) is 26.1 Å². The van der Waals surface area contributed by atoms with Gasteiger partial charge in [0.25, 0.3) is 0 Å². The van der Waals surface area contributed by atoms with Crippen LogP contribution < -0.4 is 19.8 Å². The second kappa shape index (κ2) is 7.44. The van der Waals surface area contributed by atoms with Crippen molar-refractivity contribution in [3.63, 3.8) is 0 Å². The number of para-hydroxylation sites is 4. The minimum absolute atomic E-state index is 0.151. The number of aliphatic hydroxyl groups excluding tert-OH is 1. The smallest absolute Gasteiger partial charge is 0.356 e. The number of rotatable bonds is 7. The molecule has 2 aromatic carbocycles. The molecule has 0 aliphatic rings. The van der Waals surface area contributed by atoms with E-state index in [-0.39, 0.29) is 6.61 Å². The van der Waals surface area contributed by atoms with E-state index in [9.17, 15) is 5.11 Å². The predicted octanol–water partition coefficient (Wildman–Crippen LogP) is 1.98. The lowest BCUT2D eigenvalue weighted by Gasteiger charge is -2.14. The Morgan fingerprint density at radius 1 is 1.12 bits per heavy atom. The number of hydrogen-bond acceptors (Lipinski definition) is 4. The van der Waals surface area contributed by atoms with Gasteiger partial charge >= 0.3 is 5.95 Å². The standard InChI is InChI=1S/C19H23N3O3/c1-3-21-15-8-4-5-9-16(15)22(19(21)20)12-14(23)13-25-18-11-7-6-10-17(18)24-2/h4-11,14,20,23H,3,12-13H2,1-2H3/p+1/t14-/m1/s1. The number of nitrogens with two attached hydrogens (primary N) is 1. The monoisotopic (exact) mass is 342 g/mol. The number of anilines is 1. The fraction of sp³-hybridized carbons (Fsp3) is 0.316. The van der Waals surface area contributed by atoms with Gasteiger partial charge in [-0.3, -0.25) is 5.73 Å². The number of nitrogen functional groups attached to an aromatic ring is 1. The molecule has 3 N–H and O–H groups in total. The van der Waals surface area contributed by atoms with Crippen LogP contribution in [-0.2, 0) is 13.1 Å². The van der Waals surface area contributed by atoms with Gasteiger partial charge in [0.1, 0.15) is 30.3 Å². The molecular formula is C19H24N3O3+. The zero-order valence-corrected chi connectivity index (χ0v) is 14.6. The summed E-state index contributed by atoms with van der Waals surface area (Å²) in [6, 6.07) is 15.4. The van der Waals surface area contributed by atoms with Crippen LogP contribution in [-0.4, -0.2) is 29.5 Å². The number of hydrogen-bond donors (Lipinski definition) is 2. The average Bonchev–Trinajstić information content (AvgIpc) is 2.91. The van der Waals surface area contributed by atoms with E-state index in [1.54, 1.807) is 7.11 Å². The van der Waals surface area contributed by atoms with Crippen LogP contribution in [0.15, 0.2) is 48.5 Å². The molecule has 0 amide bonds. The Morgan fingerprint density at radius 2 is 1.80 bits per heavy atom. The summed E-state index contributed by atoms with van der Waals surface area (Å²) in [5.41, 5.74) is 8.34. The van der Waals surface area contributed by atoms with Gasteiger partial charge in [0.2, 0.25) is 0 Å². The molecule has 1 atom stereocenters. The Bertz CT molecular complexity index is 860. The molecule has 1 aromatic heterocycles. The first-order chi connectivity index (χ1) is 12.2. The second-order valence-electron chi connectivity index (χ2n) is 5.82. The van der Waals surface area contributed by atoms with Crippen LogP contribution in [0.5, 0.6) is 11.5 Å². The lowest BCUT2D eigenvalue weighted by atomic mass is 10.3. The number of aliphatic hydroxyl groups is 1. The quantitative estimate of drug-likeness (QED) is 0.644. The molecule has 0 saturated heterocycles. The zero-order chi connectivity index (χ0) is 17.8. The molecule has 0 aliphatic heterocycles. The maximum absolute atomic E-state index is 10.4. The first-order valence-corrected chi connectivity index (χ1v) is 8.36. The lowest BCUT2D eigenvalue weighted by molar-refractivity contribution is -0.665. The number of ether oxygens (including phenoxy) is 2. The SMILES string of the molecule is CCn1c(N)[n+](C[C@@H](O)COc2ccccc2OC)c2ccccc21. The number of nitrogens with zero attached hydrogens (tertiary/aromatic N) is 2. The second-order valence-corrected chi connectivity index (χ2v) is 5.82. The number of imidazole rings is 1. The van der Waals surface area contributed by atoms with Crippen molar-refractivity contribution in [3.8, 4) is 11.5 Å². The first kappa shape index (κ1) is 17.1. The van der Waals surface area contributed by atoms with Gasteiger partial charge in [-0.2, -0.15) is 0 Å². The van der Waals surface area contributed by atoms with Gasteiger partial charge in [0, 0.05) is 0 Å². The molecule has 6 nitrogen and oxygen atoms in total. The van der Waals surface area contributed by atoms with Crippen molar-refractivity contribution in [2.24, 2.45) is 0 Å². The van der Waals surface area contributed by atoms with E-state index in [0.29, 0.717) is 24.0 Å². The van der Waals surface area contributed by atoms with E-state index < -0.39 is 6.10 Å². The van der Waals surface area contributed by atoms with Crippen LogP contribution >= 0.6 is 0 Å². The molecule has 25 heavy (non-hydrogen) atoms. The molecule has 0 unspecified atom stereocenters. The molecule has 0 bridgehead atoms. The zero-order valence-electron chi connectivity index (χ0n) is 14.6. The average molecular weight is 342 g/mol. The number of benzene rings is 2. The Kier molecular flexibility index (Phi) is 5.09. The van der Waals surface area contributed by atoms with Gasteiger partial charge in [-0.05, 0) is 31.2 Å². The third-order valence-electron chi connectivity index (χ3n) is 4.23. The van der Waals surface area contributed by atoms with Gasteiger partial charge in [-0.25, -0.2) is 9.13 Å². The third-order valence-corrected chi connectivity index (χ3v) is 4.23. The fourth-order valence-corrected chi connectivity index (χ4v) is 3.02. The summed E-state index contributed by atoms with van der Waals surface area (Å²) in [4.78, 5) is 0. The van der Waals surface area contributed by atoms with Crippen LogP contribution in [0, 0.1) is 0 Å². The fourth-order valence-electron chi connectivity index (χ4n) is 3.02. The third kappa shape index (κ3) is 3.39. The summed E-state index contributed by atoms with van der Waals surface area (Å²) in [7, 11) is 1.59. The molecular weight excluding hydrogens is 318 g/mol. The minimum atomic E-state index is -0.701. The highest BCUT2D eigenvalue weighted by molar-refractivity contribution is 5.73. The Morgan fingerprint density at radius 3 is 2.52 bits per heavy atom. The molecule has 0 fully saturated rings. The Hall–Kier alpha value is -2.73. The van der Waals surface area contributed by atoms with Gasteiger partial charge in [0.05, 0.1) is 13.7 Å². The molecule has 132 valence electrons. The lowest BCUT2D eigenvalue weighted by Crippen LogP contribution is -2.43. The highest BCUT2D eigenvalue weighted by Gasteiger charge is 2.22. The molecule has 0 aliphatic carbocycles. The molecule has 3 rings (SSSR count). The number of aryl methyl sites for hydroxylation is 1. The minimum Gasteiger partial charge on any atom is -0.493 e. The van der Waals surface area contributed by atoms with Crippen LogP contribution in [0.1, 0.15) is 6.92 Å². The summed E-state index contributed by atoms with van der Waals surface area (Å²) in [5, 5.41) is 10.4. The summed E-state index contributed by atoms with van der Waals surface area (Å²) in [5.74, 6) is 1.88. The number of methoxy groups -OCH3 is 1. The van der Waals surface area contributed by atoms with Gasteiger partial charge < -0.3 is 14.6 Å². The molecule has 6 heteroatoms. The van der Waals surface area contributed by atoms with E-state index in [4.69, 9.17) is 15.2 Å². The van der Waals surface area contributed by atoms with Gasteiger partial charge in [0.15, 0.2) is 11.5 Å². The normalized spacial score (nSPS) is 12.3. The van der Waals surface area contributed by atoms with Crippen molar-refractivity contribution in [1.29, 1.82) is 0 Å². The first-order valence-electron chi connectivity index (χ1n) is 8.36. The summed E-state index contributed by atoms with van der Waals surface area (Å²) in [6.07, 6.45) is -0.701. The van der Waals surface area contributed by atoms with Crippen LogP contribution in [0.25, 0.3) is 11.0 Å². The summed E-state index contributed by atoms with van der Waals surface area (Å²) >= 11 is 0. The Labute approximate surface area is 147 Å². The predicted molar refractivity (Wildman–Crippen MR) is 96.7 cm³/mol. The summed E-state index contributed by atoms with van der Waals surface area (Å²) < 4.78 is 14.9. The number of aromatic nitrogens is 2. The molecule has 1 heterocycles. The van der Waals surface area contributed by atoms with Crippen molar-refractivity contribution < 1.29 is 19.1 Å². The van der Waals surface area contributed by atoms with E-state index in [1.807, 2.05) is 64.6 Å². The highest BCUT2D eigenvalue weighted by Crippen LogP contribution is 2.25. The topological polar surface area (TPSA) is 73.5 Å².